The summed E-state index contributed by atoms with van der Waals surface area (Å²) in [5, 5.41) is 3.51. The lowest BCUT2D eigenvalue weighted by Crippen LogP contribution is -2.27. The predicted molar refractivity (Wildman–Crippen MR) is 75.8 cm³/mol. The monoisotopic (exact) mass is 244 g/mol. The number of hydrogen-bond donors (Lipinski definition) is 1. The zero-order valence-electron chi connectivity index (χ0n) is 11.3. The number of rotatable bonds is 4. The normalized spacial score (nSPS) is 29.4. The molecule has 1 aromatic carbocycles. The molecule has 1 N–H and O–H groups in total. The average Bonchev–Trinajstić information content (AvgIpc) is 2.97. The first kappa shape index (κ1) is 12.2. The first-order valence-corrected chi connectivity index (χ1v) is 7.31. The minimum Gasteiger partial charge on any atom is -0.316 e. The zero-order chi connectivity index (χ0) is 12.4. The van der Waals surface area contributed by atoms with E-state index in [0.29, 0.717) is 5.92 Å². The fraction of sp³-hybridized carbons (Fsp3) is 0.625. The molecule has 98 valence electrons. The Kier molecular flexibility index (Phi) is 3.67. The minimum atomic E-state index is 0.685. The molecule has 0 aliphatic carbocycles. The van der Waals surface area contributed by atoms with Crippen LogP contribution in [0.2, 0.25) is 0 Å². The lowest BCUT2D eigenvalue weighted by atomic mass is 9.98. The molecule has 2 nitrogen and oxygen atoms in total. The SMILES string of the molecule is CC(CCN1C[C@H]2CNC[C@H]2C1)c1ccccc1. The van der Waals surface area contributed by atoms with Crippen LogP contribution in [0.25, 0.3) is 0 Å². The average molecular weight is 244 g/mol. The van der Waals surface area contributed by atoms with Crippen LogP contribution < -0.4 is 5.32 Å². The highest BCUT2D eigenvalue weighted by molar-refractivity contribution is 5.18. The highest BCUT2D eigenvalue weighted by Crippen LogP contribution is 2.27. The Bertz CT molecular complexity index is 364. The molecule has 3 atom stereocenters. The molecule has 0 aromatic heterocycles. The molecule has 0 amide bonds. The van der Waals surface area contributed by atoms with Crippen LogP contribution in [-0.2, 0) is 0 Å². The molecule has 2 aliphatic rings. The quantitative estimate of drug-likeness (QED) is 0.874. The van der Waals surface area contributed by atoms with Gasteiger partial charge in [-0.3, -0.25) is 0 Å². The molecule has 3 rings (SSSR count). The number of benzene rings is 1. The molecule has 1 aromatic rings. The Morgan fingerprint density at radius 1 is 1.17 bits per heavy atom. The Hall–Kier alpha value is -0.860. The van der Waals surface area contributed by atoms with E-state index in [4.69, 9.17) is 0 Å². The maximum Gasteiger partial charge on any atom is 0.00255 e. The van der Waals surface area contributed by atoms with Crippen molar-refractivity contribution in [1.29, 1.82) is 0 Å². The van der Waals surface area contributed by atoms with E-state index < -0.39 is 0 Å². The van der Waals surface area contributed by atoms with Crippen molar-refractivity contribution in [3.63, 3.8) is 0 Å². The zero-order valence-corrected chi connectivity index (χ0v) is 11.3. The molecule has 0 bridgehead atoms. The summed E-state index contributed by atoms with van der Waals surface area (Å²) < 4.78 is 0. The molecule has 0 spiro atoms. The molecule has 2 fully saturated rings. The van der Waals surface area contributed by atoms with Crippen molar-refractivity contribution in [2.24, 2.45) is 11.8 Å². The van der Waals surface area contributed by atoms with Crippen LogP contribution in [0.1, 0.15) is 24.8 Å². The fourth-order valence-corrected chi connectivity index (χ4v) is 3.46. The Balaban J connectivity index is 1.47. The summed E-state index contributed by atoms with van der Waals surface area (Å²) in [6, 6.07) is 10.9. The summed E-state index contributed by atoms with van der Waals surface area (Å²) in [4.78, 5) is 2.68. The third kappa shape index (κ3) is 2.60. The van der Waals surface area contributed by atoms with E-state index in [2.05, 4.69) is 47.5 Å². The minimum absolute atomic E-state index is 0.685. The lowest BCUT2D eigenvalue weighted by Gasteiger charge is -2.19. The first-order chi connectivity index (χ1) is 8.83. The molecular formula is C16H24N2. The van der Waals surface area contributed by atoms with E-state index in [1.54, 1.807) is 0 Å². The van der Waals surface area contributed by atoms with E-state index in [1.807, 2.05) is 0 Å². The van der Waals surface area contributed by atoms with Gasteiger partial charge in [0.1, 0.15) is 0 Å². The molecule has 2 heteroatoms. The van der Waals surface area contributed by atoms with Crippen molar-refractivity contribution in [2.45, 2.75) is 19.3 Å². The van der Waals surface area contributed by atoms with Crippen molar-refractivity contribution in [1.82, 2.24) is 10.2 Å². The van der Waals surface area contributed by atoms with Crippen molar-refractivity contribution in [2.75, 3.05) is 32.7 Å². The van der Waals surface area contributed by atoms with Gasteiger partial charge in [-0.1, -0.05) is 37.3 Å². The summed E-state index contributed by atoms with van der Waals surface area (Å²) in [5.74, 6) is 2.54. The van der Waals surface area contributed by atoms with Crippen LogP contribution in [0, 0.1) is 11.8 Å². The molecule has 0 radical (unpaired) electrons. The highest BCUT2D eigenvalue weighted by atomic mass is 15.2. The van der Waals surface area contributed by atoms with E-state index in [1.165, 1.54) is 44.7 Å². The van der Waals surface area contributed by atoms with Crippen molar-refractivity contribution in [3.05, 3.63) is 35.9 Å². The van der Waals surface area contributed by atoms with Crippen LogP contribution in [0.3, 0.4) is 0 Å². The van der Waals surface area contributed by atoms with Gasteiger partial charge in [-0.05, 0) is 49.4 Å². The van der Waals surface area contributed by atoms with Crippen LogP contribution in [0.4, 0.5) is 0 Å². The molecule has 1 unspecified atom stereocenters. The number of nitrogens with zero attached hydrogens (tertiary/aromatic N) is 1. The molecular weight excluding hydrogens is 220 g/mol. The predicted octanol–water partition coefficient (Wildman–Crippen LogP) is 2.33. The Morgan fingerprint density at radius 3 is 2.50 bits per heavy atom. The van der Waals surface area contributed by atoms with Gasteiger partial charge < -0.3 is 10.2 Å². The molecule has 2 heterocycles. The Morgan fingerprint density at radius 2 is 1.83 bits per heavy atom. The third-order valence-electron chi connectivity index (χ3n) is 4.71. The van der Waals surface area contributed by atoms with Gasteiger partial charge in [-0.2, -0.15) is 0 Å². The summed E-state index contributed by atoms with van der Waals surface area (Å²) in [6.07, 6.45) is 1.29. The van der Waals surface area contributed by atoms with Gasteiger partial charge >= 0.3 is 0 Å². The van der Waals surface area contributed by atoms with Crippen molar-refractivity contribution < 1.29 is 0 Å². The second-order valence-corrected chi connectivity index (χ2v) is 6.04. The molecule has 0 saturated carbocycles. The summed E-state index contributed by atoms with van der Waals surface area (Å²) in [5.41, 5.74) is 1.48. The van der Waals surface area contributed by atoms with Gasteiger partial charge in [0.05, 0.1) is 0 Å². The van der Waals surface area contributed by atoms with Gasteiger partial charge in [0, 0.05) is 13.1 Å². The summed E-state index contributed by atoms with van der Waals surface area (Å²) in [6.45, 7) is 8.75. The van der Waals surface area contributed by atoms with Crippen LogP contribution in [0.5, 0.6) is 0 Å². The largest absolute Gasteiger partial charge is 0.316 e. The van der Waals surface area contributed by atoms with Gasteiger partial charge in [0.25, 0.3) is 0 Å². The van der Waals surface area contributed by atoms with Crippen LogP contribution in [0.15, 0.2) is 30.3 Å². The lowest BCUT2D eigenvalue weighted by molar-refractivity contribution is 0.301. The third-order valence-corrected chi connectivity index (χ3v) is 4.71. The summed E-state index contributed by atoms with van der Waals surface area (Å²) in [7, 11) is 0. The topological polar surface area (TPSA) is 15.3 Å². The maximum absolute atomic E-state index is 3.51. The van der Waals surface area contributed by atoms with Gasteiger partial charge in [-0.15, -0.1) is 0 Å². The van der Waals surface area contributed by atoms with Crippen LogP contribution >= 0.6 is 0 Å². The van der Waals surface area contributed by atoms with Gasteiger partial charge in [-0.25, -0.2) is 0 Å². The molecule has 2 aliphatic heterocycles. The standard InChI is InChI=1S/C16H24N2/c1-13(14-5-3-2-4-6-14)7-8-18-11-15-9-17-10-16(15)12-18/h2-6,13,15-17H,7-12H2,1H3/t13?,15-,16+. The van der Waals surface area contributed by atoms with Gasteiger partial charge in [0.15, 0.2) is 0 Å². The molecule has 18 heavy (non-hydrogen) atoms. The smallest absolute Gasteiger partial charge is 0.00255 e. The number of nitrogens with one attached hydrogen (secondary N) is 1. The second kappa shape index (κ2) is 5.41. The van der Waals surface area contributed by atoms with Crippen molar-refractivity contribution in [3.8, 4) is 0 Å². The number of fused-ring (bicyclic) bond motifs is 1. The Labute approximate surface area is 110 Å². The number of hydrogen-bond acceptors (Lipinski definition) is 2. The highest BCUT2D eigenvalue weighted by Gasteiger charge is 2.35. The number of likely N-dealkylation sites (tertiary alicyclic amines) is 1. The van der Waals surface area contributed by atoms with Crippen LogP contribution in [-0.4, -0.2) is 37.6 Å². The van der Waals surface area contributed by atoms with E-state index in [9.17, 15) is 0 Å². The molecule has 2 saturated heterocycles. The maximum atomic E-state index is 3.51. The van der Waals surface area contributed by atoms with Gasteiger partial charge in [0.2, 0.25) is 0 Å². The van der Waals surface area contributed by atoms with E-state index in [0.717, 1.165) is 11.8 Å². The summed E-state index contributed by atoms with van der Waals surface area (Å²) >= 11 is 0. The fourth-order valence-electron chi connectivity index (χ4n) is 3.46. The van der Waals surface area contributed by atoms with E-state index >= 15 is 0 Å². The van der Waals surface area contributed by atoms with Crippen molar-refractivity contribution >= 4 is 0 Å². The second-order valence-electron chi connectivity index (χ2n) is 6.04. The van der Waals surface area contributed by atoms with E-state index in [-0.39, 0.29) is 0 Å². The first-order valence-electron chi connectivity index (χ1n) is 7.31.